The number of anilines is 1. The van der Waals surface area contributed by atoms with Gasteiger partial charge in [-0.25, -0.2) is 4.79 Å². The van der Waals surface area contributed by atoms with Crippen molar-refractivity contribution in [2.24, 2.45) is 4.99 Å². The average molecular weight is 313 g/mol. The second kappa shape index (κ2) is 7.93. The van der Waals surface area contributed by atoms with Crippen LogP contribution in [-0.2, 0) is 16.1 Å². The summed E-state index contributed by atoms with van der Waals surface area (Å²) < 4.78 is 10.5. The van der Waals surface area contributed by atoms with Crippen LogP contribution in [0, 0.1) is 0 Å². The van der Waals surface area contributed by atoms with E-state index in [4.69, 9.17) is 15.2 Å². The third kappa shape index (κ3) is 4.29. The Balaban J connectivity index is 2.24. The quantitative estimate of drug-likeness (QED) is 0.502. The Morgan fingerprint density at radius 1 is 1.30 bits per heavy atom. The molecule has 0 unspecified atom stereocenters. The molecule has 0 aliphatic heterocycles. The van der Waals surface area contributed by atoms with Crippen LogP contribution in [-0.4, -0.2) is 30.3 Å². The molecule has 0 saturated heterocycles. The number of carbonyl (C=O) groups is 1. The number of esters is 1. The van der Waals surface area contributed by atoms with Crippen molar-refractivity contribution >= 4 is 17.4 Å². The minimum atomic E-state index is -0.527. The molecule has 2 N–H and O–H groups in total. The lowest BCUT2D eigenvalue weighted by atomic mass is 10.1. The number of nitrogens with zero attached hydrogens (tertiary/aromatic N) is 2. The van der Waals surface area contributed by atoms with E-state index in [0.29, 0.717) is 30.2 Å². The number of aromatic nitrogens is 1. The zero-order valence-electron chi connectivity index (χ0n) is 13.2. The summed E-state index contributed by atoms with van der Waals surface area (Å²) in [6.07, 6.45) is 1.70. The normalized spacial score (nSPS) is 11.1. The monoisotopic (exact) mass is 313 g/mol. The molecule has 0 bridgehead atoms. The summed E-state index contributed by atoms with van der Waals surface area (Å²) in [6, 6.07) is 10.7. The Hall–Kier alpha value is -2.89. The highest BCUT2D eigenvalue weighted by molar-refractivity contribution is 6.44. The van der Waals surface area contributed by atoms with Crippen molar-refractivity contribution in [2.45, 2.75) is 13.5 Å². The number of nitrogen functional groups attached to an aromatic ring is 1. The first-order valence-corrected chi connectivity index (χ1v) is 7.21. The standard InChI is InChI=1S/C17H19N3O3/c1-3-19-16(17(21)22-2)14-10-13(7-8-15(14)18)23-11-12-6-4-5-9-20-12/h4-10H,3,11,18H2,1-2H3. The van der Waals surface area contributed by atoms with E-state index in [1.54, 1.807) is 24.4 Å². The van der Waals surface area contributed by atoms with E-state index in [0.717, 1.165) is 5.69 Å². The summed E-state index contributed by atoms with van der Waals surface area (Å²) in [4.78, 5) is 20.3. The first kappa shape index (κ1) is 16.5. The van der Waals surface area contributed by atoms with Gasteiger partial charge in [0.25, 0.3) is 0 Å². The van der Waals surface area contributed by atoms with Crippen LogP contribution in [0.3, 0.4) is 0 Å². The molecular formula is C17H19N3O3. The number of nitrogens with two attached hydrogens (primary N) is 1. The molecule has 2 aromatic rings. The number of hydrogen-bond donors (Lipinski definition) is 1. The van der Waals surface area contributed by atoms with Crippen LogP contribution < -0.4 is 10.5 Å². The molecule has 6 nitrogen and oxygen atoms in total. The van der Waals surface area contributed by atoms with Gasteiger partial charge >= 0.3 is 5.97 Å². The number of methoxy groups -OCH3 is 1. The summed E-state index contributed by atoms with van der Waals surface area (Å²) in [6.45, 7) is 2.60. The first-order valence-electron chi connectivity index (χ1n) is 7.21. The van der Waals surface area contributed by atoms with Crippen LogP contribution in [0.4, 0.5) is 5.69 Å². The van der Waals surface area contributed by atoms with Gasteiger partial charge in [0.05, 0.1) is 12.8 Å². The fourth-order valence-electron chi connectivity index (χ4n) is 1.99. The van der Waals surface area contributed by atoms with Crippen molar-refractivity contribution in [2.75, 3.05) is 19.4 Å². The molecule has 120 valence electrons. The van der Waals surface area contributed by atoms with Crippen LogP contribution in [0.1, 0.15) is 18.2 Å². The van der Waals surface area contributed by atoms with Gasteiger partial charge in [0.1, 0.15) is 12.4 Å². The summed E-state index contributed by atoms with van der Waals surface area (Å²) in [5.74, 6) is 0.0491. The second-order valence-electron chi connectivity index (χ2n) is 4.67. The largest absolute Gasteiger partial charge is 0.487 e. The van der Waals surface area contributed by atoms with Crippen molar-refractivity contribution < 1.29 is 14.3 Å². The molecule has 0 amide bonds. The predicted octanol–water partition coefficient (Wildman–Crippen LogP) is 2.22. The zero-order chi connectivity index (χ0) is 16.7. The zero-order valence-corrected chi connectivity index (χ0v) is 13.2. The number of carbonyl (C=O) groups excluding carboxylic acids is 1. The molecular weight excluding hydrogens is 294 g/mol. The van der Waals surface area contributed by atoms with E-state index in [-0.39, 0.29) is 5.71 Å². The van der Waals surface area contributed by atoms with Gasteiger partial charge in [-0.2, -0.15) is 0 Å². The van der Waals surface area contributed by atoms with E-state index in [1.165, 1.54) is 7.11 Å². The van der Waals surface area contributed by atoms with Gasteiger partial charge in [-0.15, -0.1) is 0 Å². The Kier molecular flexibility index (Phi) is 5.68. The van der Waals surface area contributed by atoms with E-state index in [9.17, 15) is 4.79 Å². The van der Waals surface area contributed by atoms with Crippen molar-refractivity contribution in [3.8, 4) is 5.75 Å². The molecule has 1 aromatic carbocycles. The fraction of sp³-hybridized carbons (Fsp3) is 0.235. The fourth-order valence-corrected chi connectivity index (χ4v) is 1.99. The number of aliphatic imine (C=N–C) groups is 1. The van der Waals surface area contributed by atoms with Gasteiger partial charge in [-0.05, 0) is 37.3 Å². The van der Waals surface area contributed by atoms with Crippen molar-refractivity contribution in [1.82, 2.24) is 4.98 Å². The Labute approximate surface area is 135 Å². The van der Waals surface area contributed by atoms with Crippen LogP contribution in [0.25, 0.3) is 0 Å². The molecule has 0 saturated carbocycles. The van der Waals surface area contributed by atoms with E-state index < -0.39 is 5.97 Å². The molecule has 0 fully saturated rings. The molecule has 23 heavy (non-hydrogen) atoms. The Bertz CT molecular complexity index is 699. The lowest BCUT2D eigenvalue weighted by Gasteiger charge is -2.11. The molecule has 1 heterocycles. The van der Waals surface area contributed by atoms with Crippen molar-refractivity contribution in [1.29, 1.82) is 0 Å². The maximum absolute atomic E-state index is 11.9. The summed E-state index contributed by atoms with van der Waals surface area (Å²) in [5, 5.41) is 0. The van der Waals surface area contributed by atoms with E-state index >= 15 is 0 Å². The second-order valence-corrected chi connectivity index (χ2v) is 4.67. The van der Waals surface area contributed by atoms with Gasteiger partial charge in [0, 0.05) is 24.0 Å². The SMILES string of the molecule is CCN=C(C(=O)OC)c1cc(OCc2ccccn2)ccc1N. The van der Waals surface area contributed by atoms with Crippen LogP contribution in [0.5, 0.6) is 5.75 Å². The molecule has 1 aromatic heterocycles. The van der Waals surface area contributed by atoms with Gasteiger partial charge in [0.2, 0.25) is 0 Å². The smallest absolute Gasteiger partial charge is 0.356 e. The Morgan fingerprint density at radius 2 is 2.13 bits per heavy atom. The first-order chi connectivity index (χ1) is 11.2. The third-order valence-corrected chi connectivity index (χ3v) is 3.09. The number of pyridine rings is 1. The number of benzene rings is 1. The van der Waals surface area contributed by atoms with Gasteiger partial charge in [0.15, 0.2) is 5.71 Å². The molecule has 0 atom stereocenters. The highest BCUT2D eigenvalue weighted by Crippen LogP contribution is 2.22. The molecule has 0 spiro atoms. The average Bonchev–Trinajstić information content (AvgIpc) is 2.59. The Morgan fingerprint density at radius 3 is 2.78 bits per heavy atom. The van der Waals surface area contributed by atoms with E-state index in [2.05, 4.69) is 9.98 Å². The summed E-state index contributed by atoms with van der Waals surface area (Å²) >= 11 is 0. The minimum absolute atomic E-state index is 0.191. The van der Waals surface area contributed by atoms with E-state index in [1.807, 2.05) is 25.1 Å². The number of rotatable bonds is 6. The van der Waals surface area contributed by atoms with Gasteiger partial charge < -0.3 is 15.2 Å². The predicted molar refractivity (Wildman–Crippen MR) is 88.5 cm³/mol. The lowest BCUT2D eigenvalue weighted by Crippen LogP contribution is -2.19. The minimum Gasteiger partial charge on any atom is -0.487 e. The highest BCUT2D eigenvalue weighted by Gasteiger charge is 2.17. The van der Waals surface area contributed by atoms with Crippen molar-refractivity contribution in [3.05, 3.63) is 53.9 Å². The summed E-state index contributed by atoms with van der Waals surface area (Å²) in [7, 11) is 1.31. The maximum atomic E-state index is 11.9. The lowest BCUT2D eigenvalue weighted by molar-refractivity contribution is -0.132. The summed E-state index contributed by atoms with van der Waals surface area (Å²) in [5.41, 5.74) is 7.90. The molecule has 0 radical (unpaired) electrons. The van der Waals surface area contributed by atoms with Crippen LogP contribution in [0.2, 0.25) is 0 Å². The molecule has 0 aliphatic carbocycles. The van der Waals surface area contributed by atoms with Crippen LogP contribution in [0.15, 0.2) is 47.6 Å². The van der Waals surface area contributed by atoms with Crippen LogP contribution >= 0.6 is 0 Å². The van der Waals surface area contributed by atoms with Gasteiger partial charge in [-0.1, -0.05) is 6.07 Å². The highest BCUT2D eigenvalue weighted by atomic mass is 16.5. The maximum Gasteiger partial charge on any atom is 0.356 e. The topological polar surface area (TPSA) is 86.8 Å². The third-order valence-electron chi connectivity index (χ3n) is 3.09. The molecule has 0 aliphatic rings. The molecule has 2 rings (SSSR count). The number of hydrogen-bond acceptors (Lipinski definition) is 6. The van der Waals surface area contributed by atoms with Gasteiger partial charge in [-0.3, -0.25) is 9.98 Å². The van der Waals surface area contributed by atoms with Crippen molar-refractivity contribution in [3.63, 3.8) is 0 Å². The number of ether oxygens (including phenoxy) is 2. The molecule has 6 heteroatoms.